The Morgan fingerprint density at radius 2 is 2.00 bits per heavy atom. The zero-order valence-electron chi connectivity index (χ0n) is 15.7. The third-order valence-corrected chi connectivity index (χ3v) is 7.44. The number of hydrogen-bond donors (Lipinski definition) is 1. The Morgan fingerprint density at radius 3 is 2.69 bits per heavy atom. The highest BCUT2D eigenvalue weighted by Gasteiger charge is 2.34. The summed E-state index contributed by atoms with van der Waals surface area (Å²) in [5, 5.41) is 13.6. The maximum Gasteiger partial charge on any atom is 0.309 e. The van der Waals surface area contributed by atoms with Crippen molar-refractivity contribution in [2.24, 2.45) is 0 Å². The lowest BCUT2D eigenvalue weighted by molar-refractivity contribution is -0.136. The Bertz CT molecular complexity index is 1190. The molecule has 0 radical (unpaired) electrons. The van der Waals surface area contributed by atoms with E-state index in [1.54, 1.807) is 16.8 Å². The van der Waals surface area contributed by atoms with Gasteiger partial charge in [-0.15, -0.1) is 0 Å². The SMILES string of the molecule is CN(C1CCc2c(c3cccnn3c2CC(=O)O)C1)S(=O)(=O)c1ccc(F)cc1. The average molecular weight is 417 g/mol. The van der Waals surface area contributed by atoms with Crippen LogP contribution in [0.4, 0.5) is 4.39 Å². The van der Waals surface area contributed by atoms with Crippen molar-refractivity contribution in [2.75, 3.05) is 7.05 Å². The highest BCUT2D eigenvalue weighted by molar-refractivity contribution is 7.89. The molecule has 3 aromatic rings. The molecule has 1 aliphatic carbocycles. The number of carboxylic acids is 1. The van der Waals surface area contributed by atoms with Gasteiger partial charge in [0.25, 0.3) is 0 Å². The smallest absolute Gasteiger partial charge is 0.309 e. The normalized spacial score (nSPS) is 16.9. The molecule has 7 nitrogen and oxygen atoms in total. The maximum absolute atomic E-state index is 13.2. The van der Waals surface area contributed by atoms with Gasteiger partial charge in [0, 0.05) is 19.3 Å². The highest BCUT2D eigenvalue weighted by Crippen LogP contribution is 2.33. The Labute approximate surface area is 167 Å². The second-order valence-electron chi connectivity index (χ2n) is 7.17. The van der Waals surface area contributed by atoms with Gasteiger partial charge in [0.2, 0.25) is 10.0 Å². The van der Waals surface area contributed by atoms with Gasteiger partial charge in [0.1, 0.15) is 5.82 Å². The van der Waals surface area contributed by atoms with Gasteiger partial charge in [-0.25, -0.2) is 17.3 Å². The van der Waals surface area contributed by atoms with Crippen LogP contribution in [0.3, 0.4) is 0 Å². The van der Waals surface area contributed by atoms with Crippen LogP contribution < -0.4 is 0 Å². The zero-order chi connectivity index (χ0) is 20.8. The molecular formula is C20H20FN3O4S. The molecule has 29 heavy (non-hydrogen) atoms. The van der Waals surface area contributed by atoms with Crippen LogP contribution in [0, 0.1) is 5.82 Å². The quantitative estimate of drug-likeness (QED) is 0.688. The molecule has 1 atom stereocenters. The number of fused-ring (bicyclic) bond motifs is 3. The molecule has 152 valence electrons. The van der Waals surface area contributed by atoms with E-state index in [0.29, 0.717) is 25.0 Å². The topological polar surface area (TPSA) is 92.0 Å². The van der Waals surface area contributed by atoms with Crippen LogP contribution in [0.2, 0.25) is 0 Å². The Hall–Kier alpha value is -2.78. The summed E-state index contributed by atoms with van der Waals surface area (Å²) in [4.78, 5) is 11.4. The predicted molar refractivity (Wildman–Crippen MR) is 104 cm³/mol. The standard InChI is InChI=1S/C20H20FN3O4S/c1-23(29(27,28)15-7-4-13(21)5-8-15)14-6-9-16-17(11-14)18-3-2-10-22-24(18)19(16)12-20(25)26/h2-5,7-8,10,14H,6,9,11-12H2,1H3,(H,25,26). The Balaban J connectivity index is 1.70. The summed E-state index contributed by atoms with van der Waals surface area (Å²) in [6, 6.07) is 8.14. The molecule has 9 heteroatoms. The first kappa shape index (κ1) is 19.5. The molecule has 0 fully saturated rings. The Morgan fingerprint density at radius 1 is 1.28 bits per heavy atom. The van der Waals surface area contributed by atoms with Crippen LogP contribution in [-0.4, -0.2) is 46.5 Å². The summed E-state index contributed by atoms with van der Waals surface area (Å²) in [7, 11) is -2.24. The fourth-order valence-electron chi connectivity index (χ4n) is 4.05. The predicted octanol–water partition coefficient (Wildman–Crippen LogP) is 2.28. The Kier molecular flexibility index (Phi) is 4.87. The fraction of sp³-hybridized carbons (Fsp3) is 0.300. The molecule has 1 aliphatic rings. The van der Waals surface area contributed by atoms with E-state index in [1.807, 2.05) is 6.07 Å². The number of nitrogens with zero attached hydrogens (tertiary/aromatic N) is 3. The van der Waals surface area contributed by atoms with Crippen LogP contribution in [0.15, 0.2) is 47.5 Å². The van der Waals surface area contributed by atoms with E-state index in [4.69, 9.17) is 0 Å². The first-order chi connectivity index (χ1) is 13.8. The number of likely N-dealkylation sites (N-methyl/N-ethyl adjacent to an activating group) is 1. The van der Waals surface area contributed by atoms with Crippen molar-refractivity contribution >= 4 is 21.5 Å². The molecule has 0 bridgehead atoms. The van der Waals surface area contributed by atoms with E-state index < -0.39 is 21.8 Å². The minimum absolute atomic E-state index is 0.0437. The summed E-state index contributed by atoms with van der Waals surface area (Å²) < 4.78 is 42.1. The fourth-order valence-corrected chi connectivity index (χ4v) is 5.43. The molecule has 1 aromatic carbocycles. The van der Waals surface area contributed by atoms with Crippen LogP contribution >= 0.6 is 0 Å². The number of sulfonamides is 1. The number of carboxylic acid groups (broad SMARTS) is 1. The average Bonchev–Trinajstić information content (AvgIpc) is 3.00. The number of carbonyl (C=O) groups is 1. The molecule has 0 amide bonds. The van der Waals surface area contributed by atoms with Gasteiger partial charge < -0.3 is 5.11 Å². The van der Waals surface area contributed by atoms with Crippen molar-refractivity contribution in [2.45, 2.75) is 36.6 Å². The largest absolute Gasteiger partial charge is 0.481 e. The number of benzene rings is 1. The highest BCUT2D eigenvalue weighted by atomic mass is 32.2. The van der Waals surface area contributed by atoms with Gasteiger partial charge in [-0.1, -0.05) is 0 Å². The second-order valence-corrected chi connectivity index (χ2v) is 9.16. The summed E-state index contributed by atoms with van der Waals surface area (Å²) in [6.45, 7) is 0. The van der Waals surface area contributed by atoms with Crippen molar-refractivity contribution in [1.82, 2.24) is 13.9 Å². The van der Waals surface area contributed by atoms with Crippen LogP contribution in [0.1, 0.15) is 23.2 Å². The molecule has 2 heterocycles. The minimum Gasteiger partial charge on any atom is -0.481 e. The van der Waals surface area contributed by atoms with Crippen LogP contribution in [0.5, 0.6) is 0 Å². The second kappa shape index (κ2) is 7.23. The molecule has 2 aromatic heterocycles. The lowest BCUT2D eigenvalue weighted by Gasteiger charge is -2.31. The number of hydrogen-bond acceptors (Lipinski definition) is 4. The summed E-state index contributed by atoms with van der Waals surface area (Å²) in [5.41, 5.74) is 3.32. The molecule has 0 spiro atoms. The minimum atomic E-state index is -3.77. The first-order valence-corrected chi connectivity index (χ1v) is 10.6. The summed E-state index contributed by atoms with van der Waals surface area (Å²) >= 11 is 0. The number of rotatable bonds is 5. The molecule has 1 N–H and O–H groups in total. The molecule has 0 saturated heterocycles. The van der Waals surface area contributed by atoms with Crippen molar-refractivity contribution in [1.29, 1.82) is 0 Å². The number of halogens is 1. The zero-order valence-corrected chi connectivity index (χ0v) is 16.6. The first-order valence-electron chi connectivity index (χ1n) is 9.20. The van der Waals surface area contributed by atoms with E-state index in [0.717, 1.165) is 28.8 Å². The lowest BCUT2D eigenvalue weighted by atomic mass is 9.88. The van der Waals surface area contributed by atoms with Crippen molar-refractivity contribution in [3.05, 3.63) is 65.2 Å². The van der Waals surface area contributed by atoms with Gasteiger partial charge in [0.05, 0.1) is 22.5 Å². The van der Waals surface area contributed by atoms with Gasteiger partial charge in [-0.3, -0.25) is 4.79 Å². The van der Waals surface area contributed by atoms with Gasteiger partial charge >= 0.3 is 5.97 Å². The number of aliphatic carboxylic acids is 1. The van der Waals surface area contributed by atoms with Crippen LogP contribution in [-0.2, 0) is 34.1 Å². The maximum atomic E-state index is 13.2. The van der Waals surface area contributed by atoms with Crippen LogP contribution in [0.25, 0.3) is 5.52 Å². The van der Waals surface area contributed by atoms with E-state index in [1.165, 1.54) is 23.5 Å². The molecule has 0 saturated carbocycles. The molecule has 1 unspecified atom stereocenters. The molecule has 4 rings (SSSR count). The summed E-state index contributed by atoms with van der Waals surface area (Å²) in [6.07, 6.45) is 3.05. The van der Waals surface area contributed by atoms with E-state index in [2.05, 4.69) is 5.10 Å². The third-order valence-electron chi connectivity index (χ3n) is 5.52. The van der Waals surface area contributed by atoms with Crippen molar-refractivity contribution < 1.29 is 22.7 Å². The monoisotopic (exact) mass is 417 g/mol. The van der Waals surface area contributed by atoms with Gasteiger partial charge in [0.15, 0.2) is 0 Å². The van der Waals surface area contributed by atoms with Gasteiger partial charge in [-0.05, 0) is 66.8 Å². The van der Waals surface area contributed by atoms with Gasteiger partial charge in [-0.2, -0.15) is 9.40 Å². The lowest BCUT2D eigenvalue weighted by Crippen LogP contribution is -2.40. The van der Waals surface area contributed by atoms with E-state index in [9.17, 15) is 22.7 Å². The summed E-state index contributed by atoms with van der Waals surface area (Å²) in [5.74, 6) is -1.43. The van der Waals surface area contributed by atoms with Crippen molar-refractivity contribution in [3.63, 3.8) is 0 Å². The van der Waals surface area contributed by atoms with E-state index >= 15 is 0 Å². The van der Waals surface area contributed by atoms with E-state index in [-0.39, 0.29) is 17.4 Å². The third kappa shape index (κ3) is 3.40. The molecule has 0 aliphatic heterocycles. The van der Waals surface area contributed by atoms with Crippen molar-refractivity contribution in [3.8, 4) is 0 Å². The molecular weight excluding hydrogens is 397 g/mol. The number of aromatic nitrogens is 2.